The molecule has 0 saturated carbocycles. The van der Waals surface area contributed by atoms with E-state index in [0.717, 1.165) is 18.5 Å². The first-order valence-electron chi connectivity index (χ1n) is 7.66. The zero-order valence-corrected chi connectivity index (χ0v) is 12.9. The molecule has 0 aromatic heterocycles. The zero-order chi connectivity index (χ0) is 15.1. The molecule has 0 spiro atoms. The van der Waals surface area contributed by atoms with Crippen LogP contribution in [0.1, 0.15) is 43.0 Å². The van der Waals surface area contributed by atoms with E-state index in [1.807, 2.05) is 18.2 Å². The Balaban J connectivity index is 2.09. The normalized spacial score (nSPS) is 12.6. The molecule has 2 aromatic rings. The van der Waals surface area contributed by atoms with Crippen molar-refractivity contribution in [2.45, 2.75) is 39.5 Å². The number of benzene rings is 2. The number of nitrogens with one attached hydrogen (secondary N) is 1. The van der Waals surface area contributed by atoms with E-state index in [1.165, 1.54) is 11.1 Å². The van der Waals surface area contributed by atoms with E-state index in [-0.39, 0.29) is 6.61 Å². The van der Waals surface area contributed by atoms with E-state index >= 15 is 0 Å². The van der Waals surface area contributed by atoms with Gasteiger partial charge >= 0.3 is 0 Å². The van der Waals surface area contributed by atoms with Crippen LogP contribution in [-0.2, 0) is 13.2 Å². The lowest BCUT2D eigenvalue weighted by Crippen LogP contribution is -2.23. The Labute approximate surface area is 127 Å². The van der Waals surface area contributed by atoms with Crippen LogP contribution in [0.2, 0.25) is 0 Å². The molecule has 2 N–H and O–H groups in total. The molecule has 0 aliphatic heterocycles. The summed E-state index contributed by atoms with van der Waals surface area (Å²) in [6, 6.07) is 19.0. The largest absolute Gasteiger partial charge is 0.392 e. The summed E-state index contributed by atoms with van der Waals surface area (Å²) in [6.07, 6.45) is 1.10. The lowest BCUT2D eigenvalue weighted by Gasteiger charge is -2.22. The van der Waals surface area contributed by atoms with E-state index in [1.54, 1.807) is 0 Å². The summed E-state index contributed by atoms with van der Waals surface area (Å²) in [5, 5.41) is 13.1. The third-order valence-electron chi connectivity index (χ3n) is 3.74. The van der Waals surface area contributed by atoms with Crippen LogP contribution in [0.3, 0.4) is 0 Å². The molecule has 112 valence electrons. The fourth-order valence-electron chi connectivity index (χ4n) is 2.61. The summed E-state index contributed by atoms with van der Waals surface area (Å²) in [7, 11) is 0. The lowest BCUT2D eigenvalue weighted by atomic mass is 9.96. The third kappa shape index (κ3) is 4.69. The van der Waals surface area contributed by atoms with Gasteiger partial charge in [0.15, 0.2) is 0 Å². The highest BCUT2D eigenvalue weighted by Crippen LogP contribution is 2.22. The first-order chi connectivity index (χ1) is 10.2. The Bertz CT molecular complexity index is 536. The maximum Gasteiger partial charge on any atom is 0.0685 e. The average Bonchev–Trinajstić information content (AvgIpc) is 2.52. The molecule has 0 heterocycles. The van der Waals surface area contributed by atoms with Gasteiger partial charge in [-0.05, 0) is 29.0 Å². The summed E-state index contributed by atoms with van der Waals surface area (Å²) in [4.78, 5) is 0. The molecule has 1 atom stereocenters. The minimum Gasteiger partial charge on any atom is -0.392 e. The number of aliphatic hydroxyl groups excluding tert-OH is 1. The molecule has 2 rings (SSSR count). The zero-order valence-electron chi connectivity index (χ0n) is 12.9. The predicted octanol–water partition coefficient (Wildman–Crippen LogP) is 4.06. The Morgan fingerprint density at radius 1 is 0.905 bits per heavy atom. The number of aliphatic hydroxyl groups is 1. The number of hydrogen-bond acceptors (Lipinski definition) is 2. The smallest absolute Gasteiger partial charge is 0.0685 e. The molecule has 2 heteroatoms. The van der Waals surface area contributed by atoms with Crippen molar-refractivity contribution in [3.8, 4) is 0 Å². The van der Waals surface area contributed by atoms with Gasteiger partial charge in [-0.2, -0.15) is 0 Å². The molecule has 1 unspecified atom stereocenters. The van der Waals surface area contributed by atoms with Gasteiger partial charge in [-0.1, -0.05) is 68.4 Å². The fraction of sp³-hybridized carbons (Fsp3) is 0.368. The molecule has 2 nitrogen and oxygen atoms in total. The van der Waals surface area contributed by atoms with E-state index in [9.17, 15) is 5.11 Å². The first kappa shape index (κ1) is 15.7. The minimum absolute atomic E-state index is 0.0953. The van der Waals surface area contributed by atoms with Crippen molar-refractivity contribution in [2.24, 2.45) is 5.92 Å². The molecule has 0 bridgehead atoms. The van der Waals surface area contributed by atoms with Gasteiger partial charge in [0.1, 0.15) is 0 Å². The van der Waals surface area contributed by atoms with Gasteiger partial charge in [-0.3, -0.25) is 0 Å². The standard InChI is InChI=1S/C19H25NO/c1-15(2)12-19(16-8-4-3-5-9-16)20-13-17-10-6-7-11-18(17)14-21/h3-11,15,19-21H,12-14H2,1-2H3. The van der Waals surface area contributed by atoms with E-state index in [4.69, 9.17) is 0 Å². The molecule has 0 radical (unpaired) electrons. The fourth-order valence-corrected chi connectivity index (χ4v) is 2.61. The van der Waals surface area contributed by atoms with Gasteiger partial charge in [0.25, 0.3) is 0 Å². The van der Waals surface area contributed by atoms with Crippen molar-refractivity contribution in [1.82, 2.24) is 5.32 Å². The highest BCUT2D eigenvalue weighted by molar-refractivity contribution is 5.27. The van der Waals surface area contributed by atoms with Gasteiger partial charge in [-0.15, -0.1) is 0 Å². The summed E-state index contributed by atoms with van der Waals surface area (Å²) in [5.41, 5.74) is 3.50. The van der Waals surface area contributed by atoms with Crippen LogP contribution in [0.25, 0.3) is 0 Å². The third-order valence-corrected chi connectivity index (χ3v) is 3.74. The molecular weight excluding hydrogens is 258 g/mol. The van der Waals surface area contributed by atoms with Crippen LogP contribution in [0.5, 0.6) is 0 Å². The van der Waals surface area contributed by atoms with Crippen LogP contribution < -0.4 is 5.32 Å². The van der Waals surface area contributed by atoms with Crippen molar-refractivity contribution in [1.29, 1.82) is 0 Å². The Hall–Kier alpha value is -1.64. The van der Waals surface area contributed by atoms with Crippen molar-refractivity contribution in [3.05, 3.63) is 71.3 Å². The second kappa shape index (κ2) is 7.96. The predicted molar refractivity (Wildman–Crippen MR) is 87.8 cm³/mol. The lowest BCUT2D eigenvalue weighted by molar-refractivity contribution is 0.280. The minimum atomic E-state index is 0.0953. The molecule has 0 fully saturated rings. The molecule has 21 heavy (non-hydrogen) atoms. The number of hydrogen-bond donors (Lipinski definition) is 2. The van der Waals surface area contributed by atoms with E-state index in [2.05, 4.69) is 55.6 Å². The van der Waals surface area contributed by atoms with E-state index in [0.29, 0.717) is 12.0 Å². The second-order valence-corrected chi connectivity index (χ2v) is 5.90. The summed E-state index contributed by atoms with van der Waals surface area (Å²) >= 11 is 0. The summed E-state index contributed by atoms with van der Waals surface area (Å²) in [5.74, 6) is 0.635. The molecule has 0 saturated heterocycles. The van der Waals surface area contributed by atoms with Gasteiger partial charge in [0.05, 0.1) is 6.61 Å². The SMILES string of the molecule is CC(C)CC(NCc1ccccc1CO)c1ccccc1. The van der Waals surface area contributed by atoms with Crippen molar-refractivity contribution < 1.29 is 5.11 Å². The maximum absolute atomic E-state index is 9.42. The number of rotatable bonds is 7. The Morgan fingerprint density at radius 2 is 1.52 bits per heavy atom. The topological polar surface area (TPSA) is 32.3 Å². The van der Waals surface area contributed by atoms with Gasteiger partial charge < -0.3 is 10.4 Å². The summed E-state index contributed by atoms with van der Waals surface area (Å²) in [6.45, 7) is 5.37. The van der Waals surface area contributed by atoms with Crippen LogP contribution in [-0.4, -0.2) is 5.11 Å². The average molecular weight is 283 g/mol. The quantitative estimate of drug-likeness (QED) is 0.803. The van der Waals surface area contributed by atoms with Crippen molar-refractivity contribution in [2.75, 3.05) is 0 Å². The monoisotopic (exact) mass is 283 g/mol. The van der Waals surface area contributed by atoms with Gasteiger partial charge in [-0.25, -0.2) is 0 Å². The Morgan fingerprint density at radius 3 is 2.14 bits per heavy atom. The van der Waals surface area contributed by atoms with Crippen LogP contribution in [0.4, 0.5) is 0 Å². The highest BCUT2D eigenvalue weighted by Gasteiger charge is 2.13. The van der Waals surface area contributed by atoms with Gasteiger partial charge in [0, 0.05) is 12.6 Å². The van der Waals surface area contributed by atoms with Crippen LogP contribution in [0.15, 0.2) is 54.6 Å². The molecule has 0 aliphatic rings. The van der Waals surface area contributed by atoms with Gasteiger partial charge in [0.2, 0.25) is 0 Å². The maximum atomic E-state index is 9.42. The van der Waals surface area contributed by atoms with Crippen LogP contribution >= 0.6 is 0 Å². The van der Waals surface area contributed by atoms with E-state index < -0.39 is 0 Å². The Kier molecular flexibility index (Phi) is 5.97. The molecular formula is C19H25NO. The van der Waals surface area contributed by atoms with Crippen LogP contribution in [0, 0.1) is 5.92 Å². The summed E-state index contributed by atoms with van der Waals surface area (Å²) < 4.78 is 0. The highest BCUT2D eigenvalue weighted by atomic mass is 16.3. The molecule has 0 aliphatic carbocycles. The first-order valence-corrected chi connectivity index (χ1v) is 7.66. The molecule has 0 amide bonds. The van der Waals surface area contributed by atoms with Crippen molar-refractivity contribution in [3.63, 3.8) is 0 Å². The molecule has 2 aromatic carbocycles. The second-order valence-electron chi connectivity index (χ2n) is 5.90. The van der Waals surface area contributed by atoms with Crippen molar-refractivity contribution >= 4 is 0 Å².